The fourth-order valence-corrected chi connectivity index (χ4v) is 4.96. The van der Waals surface area contributed by atoms with E-state index in [2.05, 4.69) is 13.8 Å². The van der Waals surface area contributed by atoms with Gasteiger partial charge < -0.3 is 9.47 Å². The van der Waals surface area contributed by atoms with Crippen LogP contribution < -0.4 is 0 Å². The summed E-state index contributed by atoms with van der Waals surface area (Å²) in [6.45, 7) is 9.54. The summed E-state index contributed by atoms with van der Waals surface area (Å²) in [5, 5.41) is 0. The Hall–Kier alpha value is -1.06. The molecule has 0 aromatic carbocycles. The van der Waals surface area contributed by atoms with Crippen molar-refractivity contribution in [2.75, 3.05) is 13.2 Å². The highest BCUT2D eigenvalue weighted by Crippen LogP contribution is 2.22. The number of rotatable bonds is 28. The molecule has 0 rings (SSSR count). The van der Waals surface area contributed by atoms with Crippen LogP contribution in [-0.2, 0) is 19.1 Å². The maximum Gasteiger partial charge on any atom is 0.308 e. The molecule has 0 aromatic heterocycles. The predicted molar refractivity (Wildman–Crippen MR) is 158 cm³/mol. The Morgan fingerprint density at radius 1 is 0.432 bits per heavy atom. The first-order valence-corrected chi connectivity index (χ1v) is 16.4. The Morgan fingerprint density at radius 3 is 0.973 bits per heavy atom. The van der Waals surface area contributed by atoms with Gasteiger partial charge in [0.15, 0.2) is 0 Å². The van der Waals surface area contributed by atoms with Crippen molar-refractivity contribution in [2.24, 2.45) is 11.8 Å². The van der Waals surface area contributed by atoms with E-state index in [0.29, 0.717) is 32.5 Å². The zero-order valence-corrected chi connectivity index (χ0v) is 25.5. The minimum absolute atomic E-state index is 0.139. The zero-order valence-electron chi connectivity index (χ0n) is 25.5. The molecule has 0 saturated carbocycles. The quantitative estimate of drug-likeness (QED) is 0.0754. The number of hydrogen-bond donors (Lipinski definition) is 0. The summed E-state index contributed by atoms with van der Waals surface area (Å²) in [5.41, 5.74) is 0. The van der Waals surface area contributed by atoms with Gasteiger partial charge in [0.05, 0.1) is 25.0 Å². The Labute approximate surface area is 231 Å². The lowest BCUT2D eigenvalue weighted by atomic mass is 9.91. The molecule has 4 nitrogen and oxygen atoms in total. The number of carbonyl (C=O) groups excluding carboxylic acids is 2. The Morgan fingerprint density at radius 2 is 0.703 bits per heavy atom. The molecule has 2 unspecified atom stereocenters. The van der Waals surface area contributed by atoms with Crippen molar-refractivity contribution in [2.45, 2.75) is 175 Å². The van der Waals surface area contributed by atoms with Crippen molar-refractivity contribution in [3.8, 4) is 0 Å². The first-order chi connectivity index (χ1) is 18.1. The topological polar surface area (TPSA) is 52.6 Å². The van der Waals surface area contributed by atoms with Crippen LogP contribution in [0.2, 0.25) is 0 Å². The first kappa shape index (κ1) is 35.9. The van der Waals surface area contributed by atoms with Crippen LogP contribution in [0.4, 0.5) is 0 Å². The van der Waals surface area contributed by atoms with Gasteiger partial charge in [-0.2, -0.15) is 0 Å². The number of hydrogen-bond acceptors (Lipinski definition) is 4. The average Bonchev–Trinajstić information content (AvgIpc) is 2.90. The van der Waals surface area contributed by atoms with Gasteiger partial charge in [-0.05, 0) is 32.1 Å². The summed E-state index contributed by atoms with van der Waals surface area (Å²) in [7, 11) is 0. The SMILES string of the molecule is CCCCCCCCCCCCOC(=O)C(CC)CC(CC)C(=O)OCCCCCCCCCCCC. The van der Waals surface area contributed by atoms with Gasteiger partial charge in [0.2, 0.25) is 0 Å². The van der Waals surface area contributed by atoms with E-state index >= 15 is 0 Å². The molecular weight excluding hydrogens is 460 g/mol. The van der Waals surface area contributed by atoms with Crippen molar-refractivity contribution >= 4 is 11.9 Å². The summed E-state index contributed by atoms with van der Waals surface area (Å²) in [6.07, 6.45) is 27.3. The number of ether oxygens (including phenoxy) is 2. The zero-order chi connectivity index (χ0) is 27.4. The molecule has 0 aliphatic rings. The van der Waals surface area contributed by atoms with Gasteiger partial charge in [-0.15, -0.1) is 0 Å². The summed E-state index contributed by atoms with van der Waals surface area (Å²) >= 11 is 0. The third-order valence-electron chi connectivity index (χ3n) is 7.71. The van der Waals surface area contributed by atoms with E-state index in [1.165, 1.54) is 103 Å². The summed E-state index contributed by atoms with van der Waals surface area (Å²) in [6, 6.07) is 0. The number of carbonyl (C=O) groups is 2. The van der Waals surface area contributed by atoms with Crippen LogP contribution in [0.3, 0.4) is 0 Å². The highest BCUT2D eigenvalue weighted by molar-refractivity contribution is 5.76. The maximum absolute atomic E-state index is 12.6. The van der Waals surface area contributed by atoms with E-state index in [1.54, 1.807) is 0 Å². The van der Waals surface area contributed by atoms with Crippen LogP contribution in [0.1, 0.15) is 175 Å². The predicted octanol–water partition coefficient (Wildman–Crippen LogP) is 10.4. The van der Waals surface area contributed by atoms with Crippen LogP contribution in [-0.4, -0.2) is 25.2 Å². The third-order valence-corrected chi connectivity index (χ3v) is 7.71. The van der Waals surface area contributed by atoms with Gasteiger partial charge in [-0.3, -0.25) is 9.59 Å². The molecule has 0 aliphatic heterocycles. The van der Waals surface area contributed by atoms with E-state index in [4.69, 9.17) is 9.47 Å². The standard InChI is InChI=1S/C33H64O4/c1-5-9-11-13-15-17-19-21-23-25-27-36-32(34)30(7-3)29-31(8-4)33(35)37-28-26-24-22-20-18-16-14-12-10-6-2/h30-31H,5-29H2,1-4H3. The fourth-order valence-electron chi connectivity index (χ4n) is 4.96. The van der Waals surface area contributed by atoms with Crippen LogP contribution in [0.25, 0.3) is 0 Å². The smallest absolute Gasteiger partial charge is 0.308 e. The molecule has 220 valence electrons. The highest BCUT2D eigenvalue weighted by atomic mass is 16.5. The summed E-state index contributed by atoms with van der Waals surface area (Å²) < 4.78 is 11.1. The van der Waals surface area contributed by atoms with Crippen LogP contribution >= 0.6 is 0 Å². The monoisotopic (exact) mass is 524 g/mol. The molecule has 0 radical (unpaired) electrons. The van der Waals surface area contributed by atoms with Gasteiger partial charge in [-0.1, -0.05) is 143 Å². The van der Waals surface area contributed by atoms with Gasteiger partial charge in [0.1, 0.15) is 0 Å². The second-order valence-electron chi connectivity index (χ2n) is 11.1. The molecule has 2 atom stereocenters. The molecule has 0 aromatic rings. The third kappa shape index (κ3) is 22.6. The van der Waals surface area contributed by atoms with Crippen molar-refractivity contribution in [3.05, 3.63) is 0 Å². The van der Waals surface area contributed by atoms with E-state index in [9.17, 15) is 9.59 Å². The molecule has 4 heteroatoms. The van der Waals surface area contributed by atoms with Gasteiger partial charge in [0.25, 0.3) is 0 Å². The van der Waals surface area contributed by atoms with E-state index < -0.39 is 0 Å². The molecule has 0 aliphatic carbocycles. The second kappa shape index (κ2) is 28.0. The summed E-state index contributed by atoms with van der Waals surface area (Å²) in [4.78, 5) is 25.2. The molecule has 0 saturated heterocycles. The van der Waals surface area contributed by atoms with Crippen molar-refractivity contribution in [1.29, 1.82) is 0 Å². The molecule has 0 N–H and O–H groups in total. The van der Waals surface area contributed by atoms with Gasteiger partial charge in [-0.25, -0.2) is 0 Å². The molecule has 0 heterocycles. The minimum atomic E-state index is -0.210. The minimum Gasteiger partial charge on any atom is -0.465 e. The van der Waals surface area contributed by atoms with Crippen molar-refractivity contribution in [3.63, 3.8) is 0 Å². The van der Waals surface area contributed by atoms with Crippen LogP contribution in [0.5, 0.6) is 0 Å². The second-order valence-corrected chi connectivity index (χ2v) is 11.1. The molecule has 0 amide bonds. The maximum atomic E-state index is 12.6. The lowest BCUT2D eigenvalue weighted by molar-refractivity contribution is -0.153. The molecule has 0 fully saturated rings. The van der Waals surface area contributed by atoms with Crippen LogP contribution in [0.15, 0.2) is 0 Å². The number of unbranched alkanes of at least 4 members (excludes halogenated alkanes) is 18. The van der Waals surface area contributed by atoms with Crippen molar-refractivity contribution < 1.29 is 19.1 Å². The molecule has 0 spiro atoms. The first-order valence-electron chi connectivity index (χ1n) is 16.4. The molecular formula is C33H64O4. The number of esters is 2. The van der Waals surface area contributed by atoms with E-state index in [1.807, 2.05) is 13.8 Å². The Kier molecular flexibility index (Phi) is 27.2. The fraction of sp³-hybridized carbons (Fsp3) is 0.939. The Bertz CT molecular complexity index is 461. The molecule has 0 bridgehead atoms. The Balaban J connectivity index is 3.88. The van der Waals surface area contributed by atoms with E-state index in [-0.39, 0.29) is 23.8 Å². The average molecular weight is 525 g/mol. The normalized spacial score (nSPS) is 12.9. The van der Waals surface area contributed by atoms with Gasteiger partial charge in [0, 0.05) is 0 Å². The van der Waals surface area contributed by atoms with Crippen LogP contribution in [0, 0.1) is 11.8 Å². The van der Waals surface area contributed by atoms with E-state index in [0.717, 1.165) is 25.7 Å². The van der Waals surface area contributed by atoms with Gasteiger partial charge >= 0.3 is 11.9 Å². The summed E-state index contributed by atoms with van der Waals surface area (Å²) in [5.74, 6) is -0.699. The highest BCUT2D eigenvalue weighted by Gasteiger charge is 2.27. The largest absolute Gasteiger partial charge is 0.465 e. The molecule has 37 heavy (non-hydrogen) atoms. The lowest BCUT2D eigenvalue weighted by Gasteiger charge is -2.20. The lowest BCUT2D eigenvalue weighted by Crippen LogP contribution is -2.26. The van der Waals surface area contributed by atoms with Crippen molar-refractivity contribution in [1.82, 2.24) is 0 Å².